The standard InChI is InChI=1S/C13H19ClN2O2/c1-8-5-10(14)6-9(2)11(8)18-7-13(3,4)12(17)16-15/h5-6H,7,15H2,1-4H3,(H,16,17). The zero-order valence-corrected chi connectivity index (χ0v) is 11.9. The van der Waals surface area contributed by atoms with Gasteiger partial charge in [0, 0.05) is 5.02 Å². The van der Waals surface area contributed by atoms with Gasteiger partial charge in [0.25, 0.3) is 0 Å². The predicted octanol–water partition coefficient (Wildman–Crippen LogP) is 2.35. The van der Waals surface area contributed by atoms with E-state index in [-0.39, 0.29) is 12.5 Å². The van der Waals surface area contributed by atoms with Crippen molar-refractivity contribution in [1.82, 2.24) is 5.43 Å². The van der Waals surface area contributed by atoms with Crippen LogP contribution < -0.4 is 16.0 Å². The van der Waals surface area contributed by atoms with Crippen LogP contribution in [0.25, 0.3) is 0 Å². The lowest BCUT2D eigenvalue weighted by atomic mass is 9.94. The number of hydrogen-bond acceptors (Lipinski definition) is 3. The Morgan fingerprint density at radius 2 is 1.89 bits per heavy atom. The van der Waals surface area contributed by atoms with Crippen LogP contribution >= 0.6 is 11.6 Å². The third-order valence-corrected chi connectivity index (χ3v) is 2.97. The first-order valence-electron chi connectivity index (χ1n) is 5.68. The van der Waals surface area contributed by atoms with Crippen LogP contribution in [-0.4, -0.2) is 12.5 Å². The van der Waals surface area contributed by atoms with Crippen molar-refractivity contribution in [1.29, 1.82) is 0 Å². The highest BCUT2D eigenvalue weighted by Crippen LogP contribution is 2.28. The van der Waals surface area contributed by atoms with E-state index >= 15 is 0 Å². The molecule has 0 heterocycles. The van der Waals surface area contributed by atoms with Gasteiger partial charge in [0.2, 0.25) is 5.91 Å². The van der Waals surface area contributed by atoms with Gasteiger partial charge in [-0.05, 0) is 51.0 Å². The third-order valence-electron chi connectivity index (χ3n) is 2.75. The molecule has 0 radical (unpaired) electrons. The Bertz CT molecular complexity index is 435. The predicted molar refractivity (Wildman–Crippen MR) is 72.5 cm³/mol. The Morgan fingerprint density at radius 1 is 1.39 bits per heavy atom. The van der Waals surface area contributed by atoms with Crippen molar-refractivity contribution in [2.24, 2.45) is 11.3 Å². The summed E-state index contributed by atoms with van der Waals surface area (Å²) in [6, 6.07) is 3.67. The number of hydrazine groups is 1. The Kier molecular flexibility index (Phi) is 4.59. The average molecular weight is 271 g/mol. The molecule has 0 atom stereocenters. The molecule has 0 saturated heterocycles. The molecule has 3 N–H and O–H groups in total. The van der Waals surface area contributed by atoms with Crippen molar-refractivity contribution >= 4 is 17.5 Å². The van der Waals surface area contributed by atoms with Crippen LogP contribution in [-0.2, 0) is 4.79 Å². The number of hydrogen-bond donors (Lipinski definition) is 2. The highest BCUT2D eigenvalue weighted by molar-refractivity contribution is 6.30. The van der Waals surface area contributed by atoms with E-state index in [0.29, 0.717) is 5.02 Å². The Morgan fingerprint density at radius 3 is 2.33 bits per heavy atom. The zero-order valence-electron chi connectivity index (χ0n) is 11.1. The molecule has 0 fully saturated rings. The molecule has 0 aliphatic heterocycles. The van der Waals surface area contributed by atoms with Crippen molar-refractivity contribution in [3.8, 4) is 5.75 Å². The first-order valence-corrected chi connectivity index (χ1v) is 6.06. The molecule has 0 aromatic heterocycles. The first-order chi connectivity index (χ1) is 8.27. The van der Waals surface area contributed by atoms with Crippen molar-refractivity contribution in [2.75, 3.05) is 6.61 Å². The largest absolute Gasteiger partial charge is 0.492 e. The molecule has 5 heteroatoms. The summed E-state index contributed by atoms with van der Waals surface area (Å²) >= 11 is 5.95. The monoisotopic (exact) mass is 270 g/mol. The van der Waals surface area contributed by atoms with Gasteiger partial charge < -0.3 is 4.74 Å². The number of rotatable bonds is 4. The molecule has 0 bridgehead atoms. The Balaban J connectivity index is 2.84. The van der Waals surface area contributed by atoms with E-state index in [4.69, 9.17) is 22.2 Å². The fourth-order valence-electron chi connectivity index (χ4n) is 1.64. The molecule has 1 aromatic rings. The van der Waals surface area contributed by atoms with Crippen LogP contribution in [0, 0.1) is 19.3 Å². The Hall–Kier alpha value is -1.26. The number of nitrogens with one attached hydrogen (secondary N) is 1. The quantitative estimate of drug-likeness (QED) is 0.501. The SMILES string of the molecule is Cc1cc(Cl)cc(C)c1OCC(C)(C)C(=O)NN. The van der Waals surface area contributed by atoms with Crippen LogP contribution in [0.2, 0.25) is 5.02 Å². The second kappa shape index (κ2) is 5.59. The highest BCUT2D eigenvalue weighted by atomic mass is 35.5. The summed E-state index contributed by atoms with van der Waals surface area (Å²) in [6.45, 7) is 7.64. The van der Waals surface area contributed by atoms with E-state index in [1.165, 1.54) is 0 Å². The second-order valence-electron chi connectivity index (χ2n) is 5.01. The van der Waals surface area contributed by atoms with Crippen LogP contribution in [0.5, 0.6) is 5.75 Å². The molecule has 1 aromatic carbocycles. The summed E-state index contributed by atoms with van der Waals surface area (Å²) in [4.78, 5) is 11.5. The molecular weight excluding hydrogens is 252 g/mol. The van der Waals surface area contributed by atoms with E-state index < -0.39 is 5.41 Å². The topological polar surface area (TPSA) is 64.3 Å². The van der Waals surface area contributed by atoms with Crippen LogP contribution in [0.3, 0.4) is 0 Å². The van der Waals surface area contributed by atoms with Gasteiger partial charge in [-0.3, -0.25) is 10.2 Å². The smallest absolute Gasteiger partial charge is 0.242 e. The summed E-state index contributed by atoms with van der Waals surface area (Å²) in [5.74, 6) is 5.64. The van der Waals surface area contributed by atoms with Crippen LogP contribution in [0.1, 0.15) is 25.0 Å². The lowest BCUT2D eigenvalue weighted by Gasteiger charge is -2.23. The lowest BCUT2D eigenvalue weighted by Crippen LogP contribution is -2.44. The third kappa shape index (κ3) is 3.37. The minimum Gasteiger partial charge on any atom is -0.492 e. The number of benzene rings is 1. The molecule has 100 valence electrons. The summed E-state index contributed by atoms with van der Waals surface area (Å²) in [7, 11) is 0. The molecule has 1 rings (SSSR count). The maximum absolute atomic E-state index is 11.5. The molecule has 0 unspecified atom stereocenters. The number of carbonyl (C=O) groups is 1. The number of carbonyl (C=O) groups excluding carboxylic acids is 1. The van der Waals surface area contributed by atoms with E-state index in [9.17, 15) is 4.79 Å². The summed E-state index contributed by atoms with van der Waals surface area (Å²) in [5.41, 5.74) is 3.35. The van der Waals surface area contributed by atoms with Gasteiger partial charge in [-0.15, -0.1) is 0 Å². The molecule has 0 aliphatic rings. The van der Waals surface area contributed by atoms with E-state index in [0.717, 1.165) is 16.9 Å². The zero-order chi connectivity index (χ0) is 13.9. The molecule has 1 amide bonds. The maximum Gasteiger partial charge on any atom is 0.242 e. The van der Waals surface area contributed by atoms with Crippen molar-refractivity contribution < 1.29 is 9.53 Å². The fourth-order valence-corrected chi connectivity index (χ4v) is 1.97. The number of amides is 1. The van der Waals surface area contributed by atoms with Gasteiger partial charge in [0.15, 0.2) is 0 Å². The molecule has 0 aliphatic carbocycles. The van der Waals surface area contributed by atoms with E-state index in [2.05, 4.69) is 5.43 Å². The van der Waals surface area contributed by atoms with Crippen molar-refractivity contribution in [3.05, 3.63) is 28.3 Å². The maximum atomic E-state index is 11.5. The molecular formula is C13H19ClN2O2. The van der Waals surface area contributed by atoms with Gasteiger partial charge in [0.1, 0.15) is 12.4 Å². The minimum absolute atomic E-state index is 0.249. The van der Waals surface area contributed by atoms with Gasteiger partial charge in [-0.25, -0.2) is 5.84 Å². The van der Waals surface area contributed by atoms with Gasteiger partial charge in [-0.1, -0.05) is 11.6 Å². The normalized spacial score (nSPS) is 11.2. The molecule has 0 saturated carbocycles. The summed E-state index contributed by atoms with van der Waals surface area (Å²) < 4.78 is 5.74. The summed E-state index contributed by atoms with van der Waals surface area (Å²) in [5, 5.41) is 0.677. The molecule has 0 spiro atoms. The summed E-state index contributed by atoms with van der Waals surface area (Å²) in [6.07, 6.45) is 0. The van der Waals surface area contributed by atoms with E-state index in [1.54, 1.807) is 13.8 Å². The number of ether oxygens (including phenoxy) is 1. The van der Waals surface area contributed by atoms with Crippen LogP contribution in [0.4, 0.5) is 0 Å². The number of aryl methyl sites for hydroxylation is 2. The molecule has 18 heavy (non-hydrogen) atoms. The van der Waals surface area contributed by atoms with Crippen LogP contribution in [0.15, 0.2) is 12.1 Å². The minimum atomic E-state index is -0.687. The molecule has 4 nitrogen and oxygen atoms in total. The van der Waals surface area contributed by atoms with Crippen molar-refractivity contribution in [2.45, 2.75) is 27.7 Å². The Labute approximate surface area is 112 Å². The number of halogens is 1. The average Bonchev–Trinajstić information content (AvgIpc) is 2.26. The first kappa shape index (κ1) is 14.8. The fraction of sp³-hybridized carbons (Fsp3) is 0.462. The number of nitrogens with two attached hydrogens (primary N) is 1. The van der Waals surface area contributed by atoms with Gasteiger partial charge in [-0.2, -0.15) is 0 Å². The van der Waals surface area contributed by atoms with Gasteiger partial charge in [0.05, 0.1) is 5.41 Å². The highest BCUT2D eigenvalue weighted by Gasteiger charge is 2.28. The van der Waals surface area contributed by atoms with Gasteiger partial charge >= 0.3 is 0 Å². The lowest BCUT2D eigenvalue weighted by molar-refractivity contribution is -0.130. The second-order valence-corrected chi connectivity index (χ2v) is 5.45. The van der Waals surface area contributed by atoms with E-state index in [1.807, 2.05) is 26.0 Å². The van der Waals surface area contributed by atoms with Crippen molar-refractivity contribution in [3.63, 3.8) is 0 Å².